The van der Waals surface area contributed by atoms with E-state index >= 15 is 0 Å². The summed E-state index contributed by atoms with van der Waals surface area (Å²) >= 11 is 0. The van der Waals surface area contributed by atoms with E-state index in [9.17, 15) is 0 Å². The van der Waals surface area contributed by atoms with E-state index in [2.05, 4.69) is 18.2 Å². The topological polar surface area (TPSA) is 35.2 Å². The van der Waals surface area contributed by atoms with Crippen molar-refractivity contribution in [3.05, 3.63) is 29.8 Å². The average molecular weight is 205 g/mol. The molecule has 2 N–H and O–H groups in total. The minimum Gasteiger partial charge on any atom is -0.497 e. The summed E-state index contributed by atoms with van der Waals surface area (Å²) in [4.78, 5) is 0. The molecule has 0 spiro atoms. The van der Waals surface area contributed by atoms with Gasteiger partial charge in [0.25, 0.3) is 0 Å². The van der Waals surface area contributed by atoms with Gasteiger partial charge in [0.05, 0.1) is 7.11 Å². The molecule has 15 heavy (non-hydrogen) atoms. The number of rotatable bonds is 4. The Morgan fingerprint density at radius 2 is 2.13 bits per heavy atom. The van der Waals surface area contributed by atoms with Crippen molar-refractivity contribution in [3.8, 4) is 5.75 Å². The average Bonchev–Trinajstić information content (AvgIpc) is 2.25. The lowest BCUT2D eigenvalue weighted by Crippen LogP contribution is -2.33. The predicted octanol–water partition coefficient (Wildman–Crippen LogP) is 2.22. The molecule has 2 rings (SSSR count). The van der Waals surface area contributed by atoms with E-state index in [1.807, 2.05) is 6.07 Å². The Labute approximate surface area is 91.4 Å². The summed E-state index contributed by atoms with van der Waals surface area (Å²) in [6.07, 6.45) is 3.79. The highest BCUT2D eigenvalue weighted by molar-refractivity contribution is 5.28. The van der Waals surface area contributed by atoms with Crippen molar-refractivity contribution in [3.63, 3.8) is 0 Å². The molecule has 0 aliphatic heterocycles. The summed E-state index contributed by atoms with van der Waals surface area (Å²) in [6.45, 7) is 0.842. The van der Waals surface area contributed by atoms with Gasteiger partial charge in [-0.2, -0.15) is 0 Å². The molecule has 2 atom stereocenters. The van der Waals surface area contributed by atoms with Crippen LogP contribution in [0.4, 0.5) is 0 Å². The van der Waals surface area contributed by atoms with Crippen LogP contribution in [-0.4, -0.2) is 13.7 Å². The number of hydrogen-bond donors (Lipinski definition) is 1. The molecule has 0 saturated heterocycles. The monoisotopic (exact) mass is 205 g/mol. The Kier molecular flexibility index (Phi) is 3.27. The molecule has 0 bridgehead atoms. The molecule has 1 aliphatic rings. The van der Waals surface area contributed by atoms with Gasteiger partial charge in [-0.25, -0.2) is 0 Å². The third-order valence-corrected chi connectivity index (χ3v) is 3.51. The highest BCUT2D eigenvalue weighted by atomic mass is 16.5. The molecular weight excluding hydrogens is 186 g/mol. The molecule has 2 nitrogen and oxygen atoms in total. The maximum atomic E-state index is 5.71. The van der Waals surface area contributed by atoms with Gasteiger partial charge in [0, 0.05) is 0 Å². The fourth-order valence-corrected chi connectivity index (χ4v) is 2.32. The molecule has 0 amide bonds. The summed E-state index contributed by atoms with van der Waals surface area (Å²) in [5, 5.41) is 0. The van der Waals surface area contributed by atoms with Gasteiger partial charge in [-0.3, -0.25) is 0 Å². The fourth-order valence-electron chi connectivity index (χ4n) is 2.32. The molecule has 1 aliphatic carbocycles. The largest absolute Gasteiger partial charge is 0.497 e. The number of ether oxygens (including phenoxy) is 1. The molecule has 0 heterocycles. The molecular formula is C13H19NO. The van der Waals surface area contributed by atoms with E-state index in [-0.39, 0.29) is 0 Å². The smallest absolute Gasteiger partial charge is 0.119 e. The number of benzene rings is 1. The number of hydrogen-bond acceptors (Lipinski definition) is 2. The van der Waals surface area contributed by atoms with E-state index in [1.54, 1.807) is 7.11 Å². The summed E-state index contributed by atoms with van der Waals surface area (Å²) in [5.74, 6) is 2.49. The first-order valence-electron chi connectivity index (χ1n) is 5.66. The van der Waals surface area contributed by atoms with Crippen LogP contribution in [0.1, 0.15) is 18.4 Å². The van der Waals surface area contributed by atoms with Crippen LogP contribution < -0.4 is 10.5 Å². The normalized spacial score (nSPS) is 24.7. The first-order valence-corrected chi connectivity index (χ1v) is 5.66. The Hall–Kier alpha value is -1.02. The molecule has 0 aromatic heterocycles. The first kappa shape index (κ1) is 10.5. The lowest BCUT2D eigenvalue weighted by atomic mass is 9.71. The summed E-state index contributed by atoms with van der Waals surface area (Å²) in [5.41, 5.74) is 7.08. The highest BCUT2D eigenvalue weighted by Gasteiger charge is 2.29. The zero-order valence-corrected chi connectivity index (χ0v) is 9.28. The van der Waals surface area contributed by atoms with E-state index in [0.717, 1.165) is 30.6 Å². The van der Waals surface area contributed by atoms with Crippen molar-refractivity contribution in [1.82, 2.24) is 0 Å². The molecule has 0 radical (unpaired) electrons. The SMILES string of the molecule is COc1cccc(CC2CCC2CN)c1. The molecule has 82 valence electrons. The van der Waals surface area contributed by atoms with Crippen molar-refractivity contribution in [2.75, 3.05) is 13.7 Å². The van der Waals surface area contributed by atoms with Gasteiger partial charge in [0.1, 0.15) is 5.75 Å². The Balaban J connectivity index is 1.98. The maximum Gasteiger partial charge on any atom is 0.119 e. The lowest BCUT2D eigenvalue weighted by molar-refractivity contribution is 0.183. The van der Waals surface area contributed by atoms with Crippen LogP contribution in [0.5, 0.6) is 5.75 Å². The second-order valence-corrected chi connectivity index (χ2v) is 4.39. The third-order valence-electron chi connectivity index (χ3n) is 3.51. The van der Waals surface area contributed by atoms with Crippen molar-refractivity contribution < 1.29 is 4.74 Å². The van der Waals surface area contributed by atoms with Crippen LogP contribution in [0, 0.1) is 11.8 Å². The predicted molar refractivity (Wildman–Crippen MR) is 62.0 cm³/mol. The quantitative estimate of drug-likeness (QED) is 0.818. The van der Waals surface area contributed by atoms with Crippen molar-refractivity contribution >= 4 is 0 Å². The summed E-state index contributed by atoms with van der Waals surface area (Å²) < 4.78 is 5.22. The highest BCUT2D eigenvalue weighted by Crippen LogP contribution is 2.36. The summed E-state index contributed by atoms with van der Waals surface area (Å²) in [7, 11) is 1.71. The van der Waals surface area contributed by atoms with Gasteiger partial charge >= 0.3 is 0 Å². The zero-order valence-electron chi connectivity index (χ0n) is 9.28. The van der Waals surface area contributed by atoms with Gasteiger partial charge in [0.2, 0.25) is 0 Å². The molecule has 2 heteroatoms. The van der Waals surface area contributed by atoms with Crippen LogP contribution in [0.25, 0.3) is 0 Å². The van der Waals surface area contributed by atoms with Crippen LogP contribution in [0.15, 0.2) is 24.3 Å². The minimum absolute atomic E-state index is 0.746. The van der Waals surface area contributed by atoms with Gasteiger partial charge in [-0.05, 0) is 55.3 Å². The fraction of sp³-hybridized carbons (Fsp3) is 0.538. The Morgan fingerprint density at radius 3 is 2.73 bits per heavy atom. The van der Waals surface area contributed by atoms with Gasteiger partial charge in [-0.15, -0.1) is 0 Å². The number of nitrogens with two attached hydrogens (primary N) is 1. The maximum absolute atomic E-state index is 5.71. The van der Waals surface area contributed by atoms with Gasteiger partial charge in [0.15, 0.2) is 0 Å². The molecule has 2 unspecified atom stereocenters. The second-order valence-electron chi connectivity index (χ2n) is 4.39. The molecule has 1 aromatic rings. The second kappa shape index (κ2) is 4.67. The van der Waals surface area contributed by atoms with Crippen molar-refractivity contribution in [2.45, 2.75) is 19.3 Å². The minimum atomic E-state index is 0.746. The number of methoxy groups -OCH3 is 1. The van der Waals surface area contributed by atoms with E-state index in [1.165, 1.54) is 18.4 Å². The van der Waals surface area contributed by atoms with Crippen LogP contribution in [0.2, 0.25) is 0 Å². The van der Waals surface area contributed by atoms with E-state index in [4.69, 9.17) is 10.5 Å². The molecule has 1 fully saturated rings. The van der Waals surface area contributed by atoms with Crippen LogP contribution in [0.3, 0.4) is 0 Å². The zero-order chi connectivity index (χ0) is 10.7. The summed E-state index contributed by atoms with van der Waals surface area (Å²) in [6, 6.07) is 8.36. The molecule has 1 aromatic carbocycles. The van der Waals surface area contributed by atoms with E-state index in [0.29, 0.717) is 0 Å². The van der Waals surface area contributed by atoms with Crippen LogP contribution >= 0.6 is 0 Å². The van der Waals surface area contributed by atoms with E-state index < -0.39 is 0 Å². The van der Waals surface area contributed by atoms with Crippen LogP contribution in [-0.2, 0) is 6.42 Å². The van der Waals surface area contributed by atoms with Crippen molar-refractivity contribution in [1.29, 1.82) is 0 Å². The standard InChI is InChI=1S/C13H19NO/c1-15-13-4-2-3-10(8-13)7-11-5-6-12(11)9-14/h2-4,8,11-12H,5-7,9,14H2,1H3. The van der Waals surface area contributed by atoms with Gasteiger partial charge in [-0.1, -0.05) is 12.1 Å². The first-order chi connectivity index (χ1) is 7.33. The Morgan fingerprint density at radius 1 is 1.33 bits per heavy atom. The van der Waals surface area contributed by atoms with Gasteiger partial charge < -0.3 is 10.5 Å². The third kappa shape index (κ3) is 2.32. The lowest BCUT2D eigenvalue weighted by Gasteiger charge is -2.36. The Bertz CT molecular complexity index is 322. The van der Waals surface area contributed by atoms with Crippen molar-refractivity contribution in [2.24, 2.45) is 17.6 Å². The molecule has 1 saturated carbocycles.